The largest absolute Gasteiger partial charge is 0.497 e. The molecule has 0 radical (unpaired) electrons. The number of aliphatic imine (C=N–C) groups is 1. The second kappa shape index (κ2) is 10.1. The zero-order valence-electron chi connectivity index (χ0n) is 16.0. The maximum atomic E-state index is 6.04. The molecule has 0 aromatic heterocycles. The summed E-state index contributed by atoms with van der Waals surface area (Å²) in [6.45, 7) is 1.59. The molecular formula is C23H25N3O2. The molecule has 0 aliphatic rings. The van der Waals surface area contributed by atoms with Gasteiger partial charge in [0.05, 0.1) is 26.9 Å². The molecule has 144 valence electrons. The molecule has 0 aliphatic heterocycles. The molecule has 3 aromatic rings. The average Bonchev–Trinajstić information content (AvgIpc) is 2.74. The average molecular weight is 375 g/mol. The lowest BCUT2D eigenvalue weighted by Crippen LogP contribution is -2.22. The zero-order valence-corrected chi connectivity index (χ0v) is 16.0. The van der Waals surface area contributed by atoms with Crippen LogP contribution in [0.4, 0.5) is 5.69 Å². The van der Waals surface area contributed by atoms with Crippen molar-refractivity contribution < 1.29 is 9.47 Å². The van der Waals surface area contributed by atoms with Gasteiger partial charge in [0.2, 0.25) is 0 Å². The van der Waals surface area contributed by atoms with Crippen molar-refractivity contribution in [1.82, 2.24) is 0 Å². The standard InChI is InChI=1S/C23H25N3O2/c1-27-22-13-7-12-21(14-22)26-23(24)25-15-19-10-5-6-11-20(19)17-28-16-18-8-3-2-4-9-18/h2-14H,15-17H2,1H3,(H3,24,25,26). The number of rotatable bonds is 8. The molecule has 0 aliphatic carbocycles. The lowest BCUT2D eigenvalue weighted by atomic mass is 10.1. The summed E-state index contributed by atoms with van der Waals surface area (Å²) in [5.74, 6) is 1.12. The minimum Gasteiger partial charge on any atom is -0.497 e. The topological polar surface area (TPSA) is 68.9 Å². The van der Waals surface area contributed by atoms with E-state index in [1.807, 2.05) is 60.7 Å². The molecule has 0 amide bonds. The lowest BCUT2D eigenvalue weighted by molar-refractivity contribution is 0.106. The van der Waals surface area contributed by atoms with Gasteiger partial charge in [-0.15, -0.1) is 0 Å². The van der Waals surface area contributed by atoms with Crippen molar-refractivity contribution in [3.05, 3.63) is 95.6 Å². The molecule has 5 nitrogen and oxygen atoms in total. The fourth-order valence-corrected chi connectivity index (χ4v) is 2.76. The highest BCUT2D eigenvalue weighted by Gasteiger charge is 2.03. The van der Waals surface area contributed by atoms with E-state index < -0.39 is 0 Å². The molecule has 0 fully saturated rings. The number of hydrogen-bond acceptors (Lipinski definition) is 3. The Hall–Kier alpha value is -3.31. The number of anilines is 1. The molecule has 0 saturated heterocycles. The monoisotopic (exact) mass is 375 g/mol. The predicted octanol–water partition coefficient (Wildman–Crippen LogP) is 4.34. The van der Waals surface area contributed by atoms with Crippen LogP contribution in [-0.4, -0.2) is 13.1 Å². The predicted molar refractivity (Wildman–Crippen MR) is 113 cm³/mol. The molecule has 3 N–H and O–H groups in total. The van der Waals surface area contributed by atoms with Crippen molar-refractivity contribution >= 4 is 11.6 Å². The van der Waals surface area contributed by atoms with Gasteiger partial charge < -0.3 is 20.5 Å². The fourth-order valence-electron chi connectivity index (χ4n) is 2.76. The molecule has 28 heavy (non-hydrogen) atoms. The van der Waals surface area contributed by atoms with Gasteiger partial charge in [-0.25, -0.2) is 4.99 Å². The second-order valence-electron chi connectivity index (χ2n) is 6.31. The molecule has 0 heterocycles. The van der Waals surface area contributed by atoms with E-state index >= 15 is 0 Å². The van der Waals surface area contributed by atoms with Crippen molar-refractivity contribution in [2.45, 2.75) is 19.8 Å². The van der Waals surface area contributed by atoms with Gasteiger partial charge in [0.1, 0.15) is 5.75 Å². The van der Waals surface area contributed by atoms with Gasteiger partial charge in [-0.1, -0.05) is 60.7 Å². The Bertz CT molecular complexity index is 910. The zero-order chi connectivity index (χ0) is 19.6. The summed E-state index contributed by atoms with van der Waals surface area (Å²) in [5, 5.41) is 3.09. The van der Waals surface area contributed by atoms with Crippen LogP contribution in [0.3, 0.4) is 0 Å². The summed E-state index contributed by atoms with van der Waals surface area (Å²) in [6.07, 6.45) is 0. The third kappa shape index (κ3) is 5.86. The molecule has 0 unspecified atom stereocenters. The number of nitrogens with zero attached hydrogens (tertiary/aromatic N) is 1. The molecule has 3 aromatic carbocycles. The summed E-state index contributed by atoms with van der Waals surface area (Å²) >= 11 is 0. The molecular weight excluding hydrogens is 350 g/mol. The Balaban J connectivity index is 1.58. The van der Waals surface area contributed by atoms with Crippen LogP contribution >= 0.6 is 0 Å². The van der Waals surface area contributed by atoms with Gasteiger partial charge in [0, 0.05) is 11.8 Å². The van der Waals surface area contributed by atoms with E-state index in [1.54, 1.807) is 7.11 Å². The summed E-state index contributed by atoms with van der Waals surface area (Å²) < 4.78 is 11.1. The second-order valence-corrected chi connectivity index (χ2v) is 6.31. The van der Waals surface area contributed by atoms with E-state index in [0.29, 0.717) is 25.7 Å². The quantitative estimate of drug-likeness (QED) is 0.454. The van der Waals surface area contributed by atoms with Crippen LogP contribution in [0, 0.1) is 0 Å². The van der Waals surface area contributed by atoms with E-state index in [9.17, 15) is 0 Å². The highest BCUT2D eigenvalue weighted by molar-refractivity contribution is 5.92. The molecule has 3 rings (SSSR count). The van der Waals surface area contributed by atoms with Crippen molar-refractivity contribution in [3.63, 3.8) is 0 Å². The summed E-state index contributed by atoms with van der Waals surface area (Å²) in [5.41, 5.74) is 10.2. The van der Waals surface area contributed by atoms with Crippen LogP contribution in [-0.2, 0) is 24.5 Å². The first-order chi connectivity index (χ1) is 13.7. The number of guanidine groups is 1. The molecule has 0 spiro atoms. The maximum Gasteiger partial charge on any atom is 0.193 e. The van der Waals surface area contributed by atoms with Crippen LogP contribution in [0.5, 0.6) is 5.75 Å². The smallest absolute Gasteiger partial charge is 0.193 e. The third-order valence-electron chi connectivity index (χ3n) is 4.25. The van der Waals surface area contributed by atoms with Crippen LogP contribution in [0.1, 0.15) is 16.7 Å². The van der Waals surface area contributed by atoms with Gasteiger partial charge in [-0.3, -0.25) is 0 Å². The van der Waals surface area contributed by atoms with E-state index in [2.05, 4.69) is 28.5 Å². The first kappa shape index (κ1) is 19.5. The van der Waals surface area contributed by atoms with Crippen LogP contribution in [0.2, 0.25) is 0 Å². The first-order valence-electron chi connectivity index (χ1n) is 9.14. The van der Waals surface area contributed by atoms with Gasteiger partial charge in [-0.05, 0) is 28.8 Å². The van der Waals surface area contributed by atoms with Crippen molar-refractivity contribution in [2.75, 3.05) is 12.4 Å². The maximum absolute atomic E-state index is 6.04. The van der Waals surface area contributed by atoms with Gasteiger partial charge in [0.25, 0.3) is 0 Å². The number of hydrogen-bond donors (Lipinski definition) is 2. The van der Waals surface area contributed by atoms with E-state index in [0.717, 1.165) is 28.1 Å². The molecule has 0 atom stereocenters. The number of benzene rings is 3. The number of nitrogens with one attached hydrogen (secondary N) is 1. The van der Waals surface area contributed by atoms with Gasteiger partial charge in [-0.2, -0.15) is 0 Å². The number of nitrogens with two attached hydrogens (primary N) is 1. The van der Waals surface area contributed by atoms with Crippen LogP contribution in [0.15, 0.2) is 83.9 Å². The van der Waals surface area contributed by atoms with Crippen LogP contribution in [0.25, 0.3) is 0 Å². The SMILES string of the molecule is COc1cccc(NC(N)=NCc2ccccc2COCc2ccccc2)c1. The molecule has 5 heteroatoms. The van der Waals surface area contributed by atoms with Gasteiger partial charge in [0.15, 0.2) is 5.96 Å². The minimum absolute atomic E-state index is 0.355. The highest BCUT2D eigenvalue weighted by atomic mass is 16.5. The first-order valence-corrected chi connectivity index (χ1v) is 9.14. The highest BCUT2D eigenvalue weighted by Crippen LogP contribution is 2.17. The number of methoxy groups -OCH3 is 1. The Labute approximate surface area is 165 Å². The van der Waals surface area contributed by atoms with E-state index in [1.165, 1.54) is 0 Å². The number of ether oxygens (including phenoxy) is 2. The summed E-state index contributed by atoms with van der Waals surface area (Å²) in [6, 6.07) is 25.8. The van der Waals surface area contributed by atoms with E-state index in [-0.39, 0.29) is 0 Å². The van der Waals surface area contributed by atoms with Crippen molar-refractivity contribution in [1.29, 1.82) is 0 Å². The molecule has 0 bridgehead atoms. The summed E-state index contributed by atoms with van der Waals surface area (Å²) in [7, 11) is 1.63. The van der Waals surface area contributed by atoms with Crippen LogP contribution < -0.4 is 15.8 Å². The summed E-state index contributed by atoms with van der Waals surface area (Å²) in [4.78, 5) is 4.46. The Morgan fingerprint density at radius 1 is 0.893 bits per heavy atom. The molecule has 0 saturated carbocycles. The minimum atomic E-state index is 0.355. The lowest BCUT2D eigenvalue weighted by Gasteiger charge is -2.10. The van der Waals surface area contributed by atoms with Crippen molar-refractivity contribution in [2.24, 2.45) is 10.7 Å². The van der Waals surface area contributed by atoms with E-state index in [4.69, 9.17) is 15.2 Å². The third-order valence-corrected chi connectivity index (χ3v) is 4.25. The fraction of sp³-hybridized carbons (Fsp3) is 0.174. The normalized spacial score (nSPS) is 11.2. The van der Waals surface area contributed by atoms with Crippen molar-refractivity contribution in [3.8, 4) is 5.75 Å². The Morgan fingerprint density at radius 2 is 1.64 bits per heavy atom. The Kier molecular flexibility index (Phi) is 7.04. The van der Waals surface area contributed by atoms with Gasteiger partial charge >= 0.3 is 0 Å². The Morgan fingerprint density at radius 3 is 2.43 bits per heavy atom.